The normalized spacial score (nSPS) is 10.8. The van der Waals surface area contributed by atoms with Gasteiger partial charge in [-0.25, -0.2) is 9.18 Å². The van der Waals surface area contributed by atoms with Crippen LogP contribution in [0.15, 0.2) is 72.8 Å². The Morgan fingerprint density at radius 1 is 1.00 bits per heavy atom. The smallest absolute Gasteiger partial charge is 0.341 e. The Balaban J connectivity index is 1.80. The van der Waals surface area contributed by atoms with Gasteiger partial charge in [-0.15, -0.1) is 5.92 Å². The van der Waals surface area contributed by atoms with Gasteiger partial charge in [-0.05, 0) is 84.7 Å². The third-order valence-electron chi connectivity index (χ3n) is 4.66. The summed E-state index contributed by atoms with van der Waals surface area (Å²) >= 11 is 0. The van der Waals surface area contributed by atoms with Gasteiger partial charge < -0.3 is 14.6 Å². The van der Waals surface area contributed by atoms with Crippen LogP contribution in [0.2, 0.25) is 0 Å². The van der Waals surface area contributed by atoms with E-state index in [9.17, 15) is 9.18 Å². The maximum absolute atomic E-state index is 13.4. The first kappa shape index (κ1) is 22.6. The van der Waals surface area contributed by atoms with Gasteiger partial charge in [0.25, 0.3) is 0 Å². The van der Waals surface area contributed by atoms with Crippen molar-refractivity contribution in [2.75, 3.05) is 13.2 Å². The number of hydrogen-bond donors (Lipinski definition) is 1. The summed E-state index contributed by atoms with van der Waals surface area (Å²) in [6, 6.07) is 19.4. The van der Waals surface area contributed by atoms with Crippen LogP contribution in [0.5, 0.6) is 11.5 Å². The second-order valence-corrected chi connectivity index (χ2v) is 7.00. The van der Waals surface area contributed by atoms with Crippen molar-refractivity contribution in [3.8, 4) is 23.3 Å². The Morgan fingerprint density at radius 2 is 1.66 bits per heavy atom. The minimum absolute atomic E-state index is 0.290. The van der Waals surface area contributed by atoms with Crippen molar-refractivity contribution in [3.63, 3.8) is 0 Å². The molecule has 0 radical (unpaired) electrons. The first-order chi connectivity index (χ1) is 15.5. The molecule has 0 amide bonds. The summed E-state index contributed by atoms with van der Waals surface area (Å²) in [5, 5.41) is 8.75. The molecule has 0 aliphatic carbocycles. The van der Waals surface area contributed by atoms with Gasteiger partial charge in [-0.2, -0.15) is 0 Å². The fraction of sp³-hybridized carbons (Fsp3) is 0.148. The van der Waals surface area contributed by atoms with Crippen LogP contribution in [-0.2, 0) is 4.79 Å². The van der Waals surface area contributed by atoms with E-state index < -0.39 is 12.6 Å². The maximum Gasteiger partial charge on any atom is 0.341 e. The molecule has 0 spiro atoms. The van der Waals surface area contributed by atoms with Crippen LogP contribution < -0.4 is 9.47 Å². The second kappa shape index (κ2) is 10.8. The van der Waals surface area contributed by atoms with E-state index in [0.717, 1.165) is 27.8 Å². The zero-order chi connectivity index (χ0) is 22.9. The minimum Gasteiger partial charge on any atom is -0.489 e. The number of hydrogen-bond acceptors (Lipinski definition) is 3. The molecule has 4 nitrogen and oxygen atoms in total. The van der Waals surface area contributed by atoms with Crippen molar-refractivity contribution in [1.29, 1.82) is 0 Å². The van der Waals surface area contributed by atoms with Crippen LogP contribution in [-0.4, -0.2) is 24.3 Å². The zero-order valence-corrected chi connectivity index (χ0v) is 17.9. The molecule has 3 rings (SSSR count). The summed E-state index contributed by atoms with van der Waals surface area (Å²) in [5.41, 5.74) is 4.46. The van der Waals surface area contributed by atoms with E-state index in [0.29, 0.717) is 11.5 Å². The Bertz CT molecular complexity index is 1170. The Kier molecular flexibility index (Phi) is 7.66. The minimum atomic E-state index is -1.03. The molecule has 0 unspecified atom stereocenters. The molecule has 162 valence electrons. The van der Waals surface area contributed by atoms with Crippen molar-refractivity contribution >= 4 is 11.5 Å². The van der Waals surface area contributed by atoms with Gasteiger partial charge in [0, 0.05) is 5.56 Å². The van der Waals surface area contributed by atoms with Gasteiger partial charge in [-0.1, -0.05) is 30.2 Å². The van der Waals surface area contributed by atoms with E-state index >= 15 is 0 Å². The lowest BCUT2D eigenvalue weighted by molar-refractivity contribution is -0.139. The molecule has 5 heteroatoms. The van der Waals surface area contributed by atoms with Crippen LogP contribution >= 0.6 is 0 Å². The summed E-state index contributed by atoms with van der Waals surface area (Å²) in [6.07, 6.45) is 1.94. The molecular formula is C27H23FO4. The fourth-order valence-electron chi connectivity index (χ4n) is 3.14. The molecule has 0 aliphatic rings. The molecule has 3 aromatic carbocycles. The lowest BCUT2D eigenvalue weighted by Gasteiger charge is -2.12. The van der Waals surface area contributed by atoms with Crippen molar-refractivity contribution in [3.05, 3.63) is 101 Å². The van der Waals surface area contributed by atoms with E-state index in [2.05, 4.69) is 11.8 Å². The first-order valence-corrected chi connectivity index (χ1v) is 10.0. The van der Waals surface area contributed by atoms with Crippen LogP contribution in [0.4, 0.5) is 4.39 Å². The zero-order valence-electron chi connectivity index (χ0n) is 17.9. The molecule has 0 saturated heterocycles. The van der Waals surface area contributed by atoms with Crippen LogP contribution in [0.1, 0.15) is 29.2 Å². The molecule has 32 heavy (non-hydrogen) atoms. The maximum atomic E-state index is 13.4. The number of halogens is 1. The topological polar surface area (TPSA) is 55.8 Å². The summed E-state index contributed by atoms with van der Waals surface area (Å²) < 4.78 is 24.6. The van der Waals surface area contributed by atoms with Gasteiger partial charge in [0.2, 0.25) is 0 Å². The third kappa shape index (κ3) is 6.23. The number of aliphatic carboxylic acids is 1. The van der Waals surface area contributed by atoms with Crippen molar-refractivity contribution < 1.29 is 23.8 Å². The number of carboxylic acid groups (broad SMARTS) is 1. The molecule has 0 atom stereocenters. The summed E-state index contributed by atoms with van der Waals surface area (Å²) in [7, 11) is 0. The molecule has 0 bridgehead atoms. The highest BCUT2D eigenvalue weighted by Crippen LogP contribution is 2.26. The molecule has 0 aliphatic heterocycles. The summed E-state index contributed by atoms with van der Waals surface area (Å²) in [5.74, 6) is 5.71. The van der Waals surface area contributed by atoms with Crippen molar-refractivity contribution in [2.24, 2.45) is 0 Å². The molecule has 0 saturated carbocycles. The Hall–Kier alpha value is -4.04. The number of ether oxygens (including phenoxy) is 2. The lowest BCUT2D eigenvalue weighted by Crippen LogP contribution is -2.10. The number of carboxylic acids is 1. The van der Waals surface area contributed by atoms with E-state index in [1.807, 2.05) is 37.3 Å². The van der Waals surface area contributed by atoms with E-state index in [4.69, 9.17) is 14.6 Å². The predicted octanol–water partition coefficient (Wildman–Crippen LogP) is 5.48. The number of benzene rings is 3. The SMILES string of the molecule is CC#Cc1ccc(/C(=C\COc2ccc(OCC(=O)O)c(C)c2)c2ccc(F)cc2)cc1. The summed E-state index contributed by atoms with van der Waals surface area (Å²) in [4.78, 5) is 10.7. The fourth-order valence-corrected chi connectivity index (χ4v) is 3.14. The predicted molar refractivity (Wildman–Crippen MR) is 122 cm³/mol. The average Bonchev–Trinajstić information content (AvgIpc) is 2.78. The van der Waals surface area contributed by atoms with Crippen LogP contribution in [0, 0.1) is 24.6 Å². The van der Waals surface area contributed by atoms with Crippen LogP contribution in [0.3, 0.4) is 0 Å². The largest absolute Gasteiger partial charge is 0.489 e. The van der Waals surface area contributed by atoms with Crippen molar-refractivity contribution in [1.82, 2.24) is 0 Å². The highest BCUT2D eigenvalue weighted by Gasteiger charge is 2.07. The Morgan fingerprint density at radius 3 is 2.25 bits per heavy atom. The van der Waals surface area contributed by atoms with Gasteiger partial charge in [-0.3, -0.25) is 0 Å². The van der Waals surface area contributed by atoms with Gasteiger partial charge in [0.1, 0.15) is 23.9 Å². The molecule has 1 N–H and O–H groups in total. The van der Waals surface area contributed by atoms with Gasteiger partial charge >= 0.3 is 5.97 Å². The van der Waals surface area contributed by atoms with E-state index in [1.54, 1.807) is 37.3 Å². The molecule has 0 fully saturated rings. The molecule has 0 heterocycles. The second-order valence-electron chi connectivity index (χ2n) is 7.00. The highest BCUT2D eigenvalue weighted by molar-refractivity contribution is 5.80. The monoisotopic (exact) mass is 430 g/mol. The van der Waals surface area contributed by atoms with Gasteiger partial charge in [0.05, 0.1) is 0 Å². The van der Waals surface area contributed by atoms with Gasteiger partial charge in [0.15, 0.2) is 6.61 Å². The quantitative estimate of drug-likeness (QED) is 0.481. The van der Waals surface area contributed by atoms with E-state index in [1.165, 1.54) is 12.1 Å². The highest BCUT2D eigenvalue weighted by atomic mass is 19.1. The molecule has 0 aromatic heterocycles. The third-order valence-corrected chi connectivity index (χ3v) is 4.66. The first-order valence-electron chi connectivity index (χ1n) is 10.0. The van der Waals surface area contributed by atoms with E-state index in [-0.39, 0.29) is 12.4 Å². The van der Waals surface area contributed by atoms with Crippen LogP contribution in [0.25, 0.3) is 5.57 Å². The lowest BCUT2D eigenvalue weighted by atomic mass is 9.97. The molecule has 3 aromatic rings. The number of aryl methyl sites for hydroxylation is 1. The number of carbonyl (C=O) groups is 1. The number of rotatable bonds is 8. The molecular weight excluding hydrogens is 407 g/mol. The average molecular weight is 430 g/mol. The Labute approximate surface area is 186 Å². The van der Waals surface area contributed by atoms with Crippen molar-refractivity contribution in [2.45, 2.75) is 13.8 Å². The summed E-state index contributed by atoms with van der Waals surface area (Å²) in [6.45, 7) is 3.51. The standard InChI is InChI=1S/C27H23FO4/c1-3-4-20-5-7-21(8-6-20)25(22-9-11-23(28)12-10-22)15-16-31-24-13-14-26(19(2)17-24)32-18-27(29)30/h5-15,17H,16,18H2,1-2H3,(H,29,30)/b25-15+.